The van der Waals surface area contributed by atoms with E-state index in [1.54, 1.807) is 0 Å². The second kappa shape index (κ2) is 26.1. The topological polar surface area (TPSA) is 222 Å². The first-order chi connectivity index (χ1) is 9.19. The zero-order valence-electron chi connectivity index (χ0n) is 13.9. The number of aliphatic hydroxyl groups is 3. The van der Waals surface area contributed by atoms with Crippen LogP contribution in [0.2, 0.25) is 0 Å². The molecule has 0 aliphatic rings. The van der Waals surface area contributed by atoms with E-state index in [1.165, 1.54) is 0 Å². The summed E-state index contributed by atoms with van der Waals surface area (Å²) < 4.78 is 4.63. The third kappa shape index (κ3) is 27.3. The molecule has 0 saturated heterocycles. The summed E-state index contributed by atoms with van der Waals surface area (Å²) in [6.07, 6.45) is -2.72. The molecule has 0 rings (SSSR count). The molecule has 14 heteroatoms. The van der Waals surface area contributed by atoms with Crippen molar-refractivity contribution in [2.75, 3.05) is 26.4 Å². The maximum atomic E-state index is 10.1. The van der Waals surface area contributed by atoms with Gasteiger partial charge in [0.1, 0.15) is 5.60 Å². The minimum absolute atomic E-state index is 0. The van der Waals surface area contributed by atoms with Gasteiger partial charge in [-0.3, -0.25) is 0 Å². The number of rotatable bonds is 9. The maximum absolute atomic E-state index is 10.1. The fraction of sp³-hybridized carbons (Fsp3) is 0.700. The molecule has 0 aromatic carbocycles. The third-order valence-electron chi connectivity index (χ3n) is 1.72. The number of carboxylic acid groups (broad SMARTS) is 3. The minimum atomic E-state index is -2.97. The molecule has 0 radical (unpaired) electrons. The summed E-state index contributed by atoms with van der Waals surface area (Å²) in [6, 6.07) is 0. The van der Waals surface area contributed by atoms with Gasteiger partial charge >= 0.3 is 154 Å². The van der Waals surface area contributed by atoms with Gasteiger partial charge in [-0.15, -0.1) is 0 Å². The fourth-order valence-corrected chi connectivity index (χ4v) is 0.916. The SMILES string of the molecule is O.O=C([O-])CC(O)(CC(=O)[O-])C(=O)[O-].OCCOCCO.[K+].[K+].[K+]. The van der Waals surface area contributed by atoms with Crippen LogP contribution >= 0.6 is 0 Å². The van der Waals surface area contributed by atoms with Crippen LogP contribution in [0.25, 0.3) is 0 Å². The zero-order chi connectivity index (χ0) is 16.2. The van der Waals surface area contributed by atoms with Gasteiger partial charge in [0, 0.05) is 24.8 Å². The molecule has 0 saturated carbocycles. The second-order valence-electron chi connectivity index (χ2n) is 3.48. The smallest absolute Gasteiger partial charge is 0.550 e. The predicted molar refractivity (Wildman–Crippen MR) is 57.8 cm³/mol. The molecular formula is C10H17K3O11. The van der Waals surface area contributed by atoms with Crippen molar-refractivity contribution in [1.29, 1.82) is 0 Å². The van der Waals surface area contributed by atoms with Crippen LogP contribution in [0.4, 0.5) is 0 Å². The van der Waals surface area contributed by atoms with Gasteiger partial charge in [-0.2, -0.15) is 0 Å². The van der Waals surface area contributed by atoms with Crippen LogP contribution in [0.5, 0.6) is 0 Å². The Balaban J connectivity index is -0.0000000650. The van der Waals surface area contributed by atoms with Gasteiger partial charge in [-0.25, -0.2) is 0 Å². The number of carbonyl (C=O) groups excluding carboxylic acids is 3. The average molecular weight is 431 g/mol. The molecule has 0 aromatic rings. The van der Waals surface area contributed by atoms with Crippen LogP contribution in [0, 0.1) is 0 Å². The van der Waals surface area contributed by atoms with Crippen molar-refractivity contribution < 1.29 is 209 Å². The molecule has 0 aromatic heterocycles. The Bertz CT molecular complexity index is 307. The van der Waals surface area contributed by atoms with Crippen LogP contribution in [0.3, 0.4) is 0 Å². The summed E-state index contributed by atoms with van der Waals surface area (Å²) in [4.78, 5) is 30.0. The van der Waals surface area contributed by atoms with Crippen LogP contribution < -0.4 is 169 Å². The molecule has 0 amide bonds. The van der Waals surface area contributed by atoms with Gasteiger partial charge in [-0.1, -0.05) is 0 Å². The molecule has 0 heterocycles. The maximum Gasteiger partial charge on any atom is 1.00 e. The summed E-state index contributed by atoms with van der Waals surface area (Å²) >= 11 is 0. The number of hydrogen-bond acceptors (Lipinski definition) is 10. The zero-order valence-corrected chi connectivity index (χ0v) is 23.3. The van der Waals surface area contributed by atoms with Crippen molar-refractivity contribution in [3.63, 3.8) is 0 Å². The summed E-state index contributed by atoms with van der Waals surface area (Å²) in [5.41, 5.74) is -2.97. The summed E-state index contributed by atoms with van der Waals surface area (Å²) in [5, 5.41) is 55.1. The fourth-order valence-electron chi connectivity index (χ4n) is 0.916. The summed E-state index contributed by atoms with van der Waals surface area (Å²) in [7, 11) is 0. The quantitative estimate of drug-likeness (QED) is 0.231. The van der Waals surface area contributed by atoms with E-state index in [1.807, 2.05) is 0 Å². The number of hydrogen-bond donors (Lipinski definition) is 3. The average Bonchev–Trinajstić information content (AvgIpc) is 2.28. The Morgan fingerprint density at radius 2 is 1.12 bits per heavy atom. The normalized spacial score (nSPS) is 8.62. The number of carboxylic acids is 3. The Labute approximate surface area is 266 Å². The monoisotopic (exact) mass is 430 g/mol. The Morgan fingerprint density at radius 3 is 1.29 bits per heavy atom. The van der Waals surface area contributed by atoms with E-state index in [-0.39, 0.29) is 173 Å². The van der Waals surface area contributed by atoms with Crippen LogP contribution in [0.1, 0.15) is 12.8 Å². The summed E-state index contributed by atoms with van der Waals surface area (Å²) in [5.74, 6) is -5.98. The first-order valence-electron chi connectivity index (χ1n) is 5.32. The molecule has 0 bridgehead atoms. The van der Waals surface area contributed by atoms with Gasteiger partial charge in [0.25, 0.3) is 0 Å². The van der Waals surface area contributed by atoms with Crippen LogP contribution in [-0.4, -0.2) is 70.7 Å². The molecule has 0 fully saturated rings. The molecule has 5 N–H and O–H groups in total. The Hall–Kier alpha value is 3.12. The number of carbonyl (C=O) groups is 3. The first kappa shape index (κ1) is 41.5. The van der Waals surface area contributed by atoms with Crippen LogP contribution in [0.15, 0.2) is 0 Å². The van der Waals surface area contributed by atoms with Crippen molar-refractivity contribution in [1.82, 2.24) is 0 Å². The molecule has 24 heavy (non-hydrogen) atoms. The minimum Gasteiger partial charge on any atom is -0.550 e. The third-order valence-corrected chi connectivity index (χ3v) is 1.72. The van der Waals surface area contributed by atoms with Gasteiger partial charge in [0.2, 0.25) is 0 Å². The van der Waals surface area contributed by atoms with Crippen molar-refractivity contribution >= 4 is 17.9 Å². The standard InChI is InChI=1S/C6H8O7.C4H10O3.3K.H2O/c7-3(8)1-6(13,5(11)12)2-4(9)10;5-1-3-7-4-2-6;;;;/h13H,1-2H2,(H,7,8)(H,9,10)(H,11,12);5-6H,1-4H2;;;;1H2/q;;3*+1;/p-3. The summed E-state index contributed by atoms with van der Waals surface area (Å²) in [6.45, 7) is 0.696. The molecular weight excluding hydrogens is 413 g/mol. The van der Waals surface area contributed by atoms with Gasteiger partial charge < -0.3 is 55.2 Å². The van der Waals surface area contributed by atoms with Crippen LogP contribution in [-0.2, 0) is 19.1 Å². The Kier molecular flexibility index (Phi) is 45.1. The van der Waals surface area contributed by atoms with E-state index in [9.17, 15) is 29.7 Å². The van der Waals surface area contributed by atoms with E-state index >= 15 is 0 Å². The van der Waals surface area contributed by atoms with E-state index in [0.29, 0.717) is 13.2 Å². The van der Waals surface area contributed by atoms with Crippen molar-refractivity contribution in [3.8, 4) is 0 Å². The van der Waals surface area contributed by atoms with Crippen molar-refractivity contribution in [3.05, 3.63) is 0 Å². The van der Waals surface area contributed by atoms with E-state index in [4.69, 9.17) is 15.3 Å². The van der Waals surface area contributed by atoms with Gasteiger partial charge in [-0.05, 0) is 0 Å². The molecule has 0 unspecified atom stereocenters. The molecule has 11 nitrogen and oxygen atoms in total. The first-order valence-corrected chi connectivity index (χ1v) is 5.32. The molecule has 0 aliphatic heterocycles. The second-order valence-corrected chi connectivity index (χ2v) is 3.48. The van der Waals surface area contributed by atoms with E-state index < -0.39 is 36.4 Å². The van der Waals surface area contributed by atoms with Gasteiger partial charge in [0.05, 0.1) is 32.4 Å². The van der Waals surface area contributed by atoms with Crippen molar-refractivity contribution in [2.24, 2.45) is 0 Å². The van der Waals surface area contributed by atoms with Gasteiger partial charge in [0.15, 0.2) is 0 Å². The molecule has 0 atom stereocenters. The number of aliphatic carboxylic acids is 3. The Morgan fingerprint density at radius 1 is 0.833 bits per heavy atom. The largest absolute Gasteiger partial charge is 1.00 e. The van der Waals surface area contributed by atoms with E-state index in [0.717, 1.165) is 0 Å². The molecule has 0 aliphatic carbocycles. The van der Waals surface area contributed by atoms with E-state index in [2.05, 4.69) is 4.74 Å². The molecule has 126 valence electrons. The predicted octanol–water partition coefficient (Wildman–Crippen LogP) is -16.1. The van der Waals surface area contributed by atoms with Crippen molar-refractivity contribution in [2.45, 2.75) is 18.4 Å². The number of aliphatic hydroxyl groups excluding tert-OH is 2. The molecule has 0 spiro atoms. The number of ether oxygens (including phenoxy) is 1.